The number of rotatable bonds is 6. The topological polar surface area (TPSA) is 66.4 Å². The van der Waals surface area contributed by atoms with E-state index in [4.69, 9.17) is 0 Å². The van der Waals surface area contributed by atoms with E-state index in [1.165, 1.54) is 11.8 Å². The average molecular weight is 464 g/mol. The number of hydrogen-bond donors (Lipinski definition) is 2. The zero-order chi connectivity index (χ0) is 22.9. The molecule has 164 valence electrons. The van der Waals surface area contributed by atoms with Crippen molar-refractivity contribution in [3.63, 3.8) is 0 Å². The fraction of sp³-hybridized carbons (Fsp3) is 0.154. The molecule has 0 aliphatic rings. The molecule has 0 aliphatic heterocycles. The zero-order valence-electron chi connectivity index (χ0n) is 18.2. The molecule has 2 N–H and O–H groups in total. The predicted octanol–water partition coefficient (Wildman–Crippen LogP) is 6.93. The summed E-state index contributed by atoms with van der Waals surface area (Å²) in [5.74, 6) is 0.456. The van der Waals surface area contributed by atoms with E-state index in [1.54, 1.807) is 30.3 Å². The van der Waals surface area contributed by atoms with Gasteiger partial charge in [0.25, 0.3) is 10.0 Å². The molecular weight excluding hydrogens is 438 g/mol. The monoisotopic (exact) mass is 463 g/mol. The van der Waals surface area contributed by atoms with Crippen molar-refractivity contribution in [1.82, 2.24) is 0 Å². The number of aryl methyl sites for hydroxylation is 1. The van der Waals surface area contributed by atoms with Crippen LogP contribution in [0.5, 0.6) is 5.75 Å². The van der Waals surface area contributed by atoms with Crippen molar-refractivity contribution in [2.24, 2.45) is 0 Å². The summed E-state index contributed by atoms with van der Waals surface area (Å²) in [6, 6.07) is 23.8. The van der Waals surface area contributed by atoms with Crippen LogP contribution in [0.25, 0.3) is 10.8 Å². The Balaban J connectivity index is 1.75. The third-order valence-electron chi connectivity index (χ3n) is 5.33. The molecule has 0 heterocycles. The van der Waals surface area contributed by atoms with Crippen molar-refractivity contribution in [3.05, 3.63) is 90.0 Å². The second-order valence-electron chi connectivity index (χ2n) is 8.06. The molecule has 0 aliphatic carbocycles. The van der Waals surface area contributed by atoms with Crippen LogP contribution in [-0.4, -0.2) is 13.5 Å². The van der Waals surface area contributed by atoms with Crippen molar-refractivity contribution >= 4 is 38.2 Å². The van der Waals surface area contributed by atoms with Crippen molar-refractivity contribution in [3.8, 4) is 5.75 Å². The number of sulfonamides is 1. The van der Waals surface area contributed by atoms with Gasteiger partial charge in [-0.2, -0.15) is 0 Å². The Morgan fingerprint density at radius 2 is 1.50 bits per heavy atom. The lowest BCUT2D eigenvalue weighted by Gasteiger charge is -2.15. The first-order chi connectivity index (χ1) is 15.2. The second kappa shape index (κ2) is 8.88. The molecule has 32 heavy (non-hydrogen) atoms. The highest BCUT2D eigenvalue weighted by Crippen LogP contribution is 2.43. The molecule has 0 saturated heterocycles. The summed E-state index contributed by atoms with van der Waals surface area (Å²) in [6.07, 6.45) is 0. The van der Waals surface area contributed by atoms with Gasteiger partial charge in [0, 0.05) is 15.7 Å². The normalized spacial score (nSPS) is 11.8. The molecule has 0 bridgehead atoms. The molecule has 0 atom stereocenters. The number of nitrogens with one attached hydrogen (secondary N) is 1. The van der Waals surface area contributed by atoms with Crippen LogP contribution >= 0.6 is 11.8 Å². The van der Waals surface area contributed by atoms with E-state index in [-0.39, 0.29) is 10.6 Å². The maximum Gasteiger partial charge on any atom is 0.261 e. The first-order valence-electron chi connectivity index (χ1n) is 10.4. The van der Waals surface area contributed by atoms with Crippen LogP contribution < -0.4 is 4.72 Å². The maximum atomic E-state index is 13.1. The summed E-state index contributed by atoms with van der Waals surface area (Å²) < 4.78 is 29.0. The van der Waals surface area contributed by atoms with Crippen molar-refractivity contribution < 1.29 is 13.5 Å². The lowest BCUT2D eigenvalue weighted by atomic mass is 10.0. The Kier molecular flexibility index (Phi) is 6.17. The molecule has 0 amide bonds. The fourth-order valence-electron chi connectivity index (χ4n) is 3.47. The highest BCUT2D eigenvalue weighted by molar-refractivity contribution is 7.99. The number of aromatic hydroxyl groups is 1. The van der Waals surface area contributed by atoms with Gasteiger partial charge in [-0.25, -0.2) is 8.42 Å². The number of anilines is 1. The zero-order valence-corrected chi connectivity index (χ0v) is 19.8. The van der Waals surface area contributed by atoms with Crippen LogP contribution in [-0.2, 0) is 10.0 Å². The van der Waals surface area contributed by atoms with Gasteiger partial charge in [-0.05, 0) is 48.7 Å². The van der Waals surface area contributed by atoms with Gasteiger partial charge in [0.05, 0.1) is 15.5 Å². The van der Waals surface area contributed by atoms with Gasteiger partial charge in [0.1, 0.15) is 5.75 Å². The minimum Gasteiger partial charge on any atom is -0.506 e. The van der Waals surface area contributed by atoms with Crippen molar-refractivity contribution in [1.29, 1.82) is 0 Å². The molecule has 0 spiro atoms. The summed E-state index contributed by atoms with van der Waals surface area (Å²) >= 11 is 1.39. The molecule has 4 nitrogen and oxygen atoms in total. The van der Waals surface area contributed by atoms with E-state index in [0.717, 1.165) is 16.0 Å². The molecule has 4 aromatic carbocycles. The quantitative estimate of drug-likeness (QED) is 0.304. The summed E-state index contributed by atoms with van der Waals surface area (Å²) in [7, 11) is -3.80. The predicted molar refractivity (Wildman–Crippen MR) is 132 cm³/mol. The molecule has 4 rings (SSSR count). The van der Waals surface area contributed by atoms with Gasteiger partial charge in [0.2, 0.25) is 0 Å². The standard InChI is InChI=1S/C26H25NO3S2/c1-17(2)19-10-14-21(15-11-19)32(29,30)27-24-16-25(31-20-12-8-18(3)9-13-20)26(28)23-7-5-4-6-22(23)24/h4-17,27-28H,1-3H3. The summed E-state index contributed by atoms with van der Waals surface area (Å²) in [4.78, 5) is 1.74. The smallest absolute Gasteiger partial charge is 0.261 e. The number of hydrogen-bond acceptors (Lipinski definition) is 4. The van der Waals surface area contributed by atoms with Crippen molar-refractivity contribution in [2.45, 2.75) is 41.4 Å². The van der Waals surface area contributed by atoms with Gasteiger partial charge in [-0.1, -0.05) is 79.7 Å². The number of fused-ring (bicyclic) bond motifs is 1. The molecule has 0 aromatic heterocycles. The molecule has 6 heteroatoms. The number of phenols is 1. The van der Waals surface area contributed by atoms with E-state index in [9.17, 15) is 13.5 Å². The molecule has 0 saturated carbocycles. The van der Waals surface area contributed by atoms with Gasteiger partial charge in [0.15, 0.2) is 0 Å². The molecule has 0 radical (unpaired) electrons. The average Bonchev–Trinajstić information content (AvgIpc) is 2.78. The van der Waals surface area contributed by atoms with Gasteiger partial charge >= 0.3 is 0 Å². The minimum atomic E-state index is -3.80. The Morgan fingerprint density at radius 1 is 0.875 bits per heavy atom. The Morgan fingerprint density at radius 3 is 2.12 bits per heavy atom. The lowest BCUT2D eigenvalue weighted by Crippen LogP contribution is -2.13. The molecule has 0 fully saturated rings. The van der Waals surface area contributed by atoms with E-state index < -0.39 is 10.0 Å². The SMILES string of the molecule is Cc1ccc(Sc2cc(NS(=O)(=O)c3ccc(C(C)C)cc3)c3ccccc3c2O)cc1. The summed E-state index contributed by atoms with van der Waals surface area (Å²) in [6.45, 7) is 6.15. The Labute approximate surface area is 193 Å². The van der Waals surface area contributed by atoms with Crippen LogP contribution in [0, 0.1) is 6.92 Å². The maximum absolute atomic E-state index is 13.1. The number of benzene rings is 4. The van der Waals surface area contributed by atoms with E-state index >= 15 is 0 Å². The van der Waals surface area contributed by atoms with Crippen LogP contribution in [0.1, 0.15) is 30.9 Å². The van der Waals surface area contributed by atoms with Gasteiger partial charge < -0.3 is 5.11 Å². The molecular formula is C26H25NO3S2. The van der Waals surface area contributed by atoms with Gasteiger partial charge in [-0.15, -0.1) is 0 Å². The van der Waals surface area contributed by atoms with E-state index in [2.05, 4.69) is 18.6 Å². The second-order valence-corrected chi connectivity index (χ2v) is 10.9. The molecule has 4 aromatic rings. The molecule has 0 unspecified atom stereocenters. The van der Waals surface area contributed by atoms with E-state index in [1.807, 2.05) is 55.5 Å². The lowest BCUT2D eigenvalue weighted by molar-refractivity contribution is 0.469. The van der Waals surface area contributed by atoms with Crippen LogP contribution in [0.15, 0.2) is 93.5 Å². The third-order valence-corrected chi connectivity index (χ3v) is 7.75. The summed E-state index contributed by atoms with van der Waals surface area (Å²) in [5, 5.41) is 12.1. The largest absolute Gasteiger partial charge is 0.506 e. The number of phenolic OH excluding ortho intramolecular Hbond substituents is 1. The van der Waals surface area contributed by atoms with Gasteiger partial charge in [-0.3, -0.25) is 4.72 Å². The van der Waals surface area contributed by atoms with Crippen molar-refractivity contribution in [2.75, 3.05) is 4.72 Å². The van der Waals surface area contributed by atoms with E-state index in [0.29, 0.717) is 27.3 Å². The fourth-order valence-corrected chi connectivity index (χ4v) is 5.45. The van der Waals surface area contributed by atoms with Crippen LogP contribution in [0.2, 0.25) is 0 Å². The first kappa shape index (κ1) is 22.2. The van der Waals surface area contributed by atoms with Crippen LogP contribution in [0.4, 0.5) is 5.69 Å². The Hall–Kier alpha value is -2.96. The highest BCUT2D eigenvalue weighted by Gasteiger charge is 2.19. The minimum absolute atomic E-state index is 0.135. The van der Waals surface area contributed by atoms with Crippen LogP contribution in [0.3, 0.4) is 0 Å². The highest BCUT2D eigenvalue weighted by atomic mass is 32.2. The third kappa shape index (κ3) is 4.61. The first-order valence-corrected chi connectivity index (χ1v) is 12.7. The summed E-state index contributed by atoms with van der Waals surface area (Å²) in [5.41, 5.74) is 2.66. The Bertz CT molecular complexity index is 1360.